The Labute approximate surface area is 291 Å². The van der Waals surface area contributed by atoms with E-state index in [2.05, 4.69) is 114 Å². The molecule has 4 heterocycles. The Kier molecular flexibility index (Phi) is 6.05. The van der Waals surface area contributed by atoms with Crippen LogP contribution in [0.25, 0.3) is 76.9 Å². The number of para-hydroxylation sites is 5. The van der Waals surface area contributed by atoms with Crippen molar-refractivity contribution in [1.29, 1.82) is 0 Å². The highest BCUT2D eigenvalue weighted by molar-refractivity contribution is 6.18. The first kappa shape index (κ1) is 28.2. The smallest absolute Gasteiger partial charge is 0.143 e. The Morgan fingerprint density at radius 3 is 1.80 bits per heavy atom. The minimum absolute atomic E-state index is 0.304. The lowest BCUT2D eigenvalue weighted by Crippen LogP contribution is -2.45. The summed E-state index contributed by atoms with van der Waals surface area (Å²) < 4.78 is 19.7. The summed E-state index contributed by atoms with van der Waals surface area (Å²) >= 11 is 0. The Hall–Kier alpha value is -6.63. The van der Waals surface area contributed by atoms with Gasteiger partial charge in [0.15, 0.2) is 0 Å². The van der Waals surface area contributed by atoms with E-state index in [1.54, 1.807) is 0 Å². The van der Waals surface area contributed by atoms with Crippen LogP contribution in [0, 0.1) is 0 Å². The molecule has 6 nitrogen and oxygen atoms in total. The molecule has 6 heteroatoms. The SMILES string of the molecule is c1ccc(C2N=C(c3cccc4oc5ccccc5c34)NC(c3cccc4c3oc3c(-c5cccc6c5oc5ccccc56)cccc34)N2)cc1. The van der Waals surface area contributed by atoms with E-state index in [-0.39, 0.29) is 12.3 Å². The zero-order chi connectivity index (χ0) is 33.5. The van der Waals surface area contributed by atoms with Crippen molar-refractivity contribution in [1.82, 2.24) is 10.6 Å². The van der Waals surface area contributed by atoms with Crippen molar-refractivity contribution in [2.24, 2.45) is 4.99 Å². The predicted octanol–water partition coefficient (Wildman–Crippen LogP) is 11.4. The molecule has 2 N–H and O–H groups in total. The second-order valence-corrected chi connectivity index (χ2v) is 13.1. The fourth-order valence-corrected chi connectivity index (χ4v) is 7.87. The van der Waals surface area contributed by atoms with Crippen molar-refractivity contribution in [3.8, 4) is 11.1 Å². The number of rotatable bonds is 4. The summed E-state index contributed by atoms with van der Waals surface area (Å²) in [6.07, 6.45) is -0.621. The molecule has 11 rings (SSSR count). The molecule has 3 aromatic heterocycles. The minimum Gasteiger partial charge on any atom is -0.456 e. The molecule has 0 bridgehead atoms. The highest BCUT2D eigenvalue weighted by atomic mass is 16.3. The number of fused-ring (bicyclic) bond motifs is 9. The first-order chi connectivity index (χ1) is 25.3. The lowest BCUT2D eigenvalue weighted by molar-refractivity contribution is 0.408. The number of benzene rings is 7. The van der Waals surface area contributed by atoms with Crippen molar-refractivity contribution in [2.45, 2.75) is 12.3 Å². The maximum absolute atomic E-state index is 6.97. The standard InChI is InChI=1S/C45H29N3O3/c1-2-12-26(13-3-1)43-46-44(34-21-11-25-38-39(34)33-15-5-7-24-37(33)49-38)48-45(47-43)35-22-10-20-32-31-19-9-18-30(41(31)51-42(32)35)29-17-8-16-28-27-14-4-6-23-36(27)50-40(28)29/h1-25,43,45,47H,(H,46,48). The molecule has 0 aliphatic carbocycles. The zero-order valence-electron chi connectivity index (χ0n) is 27.3. The van der Waals surface area contributed by atoms with Crippen LogP contribution in [0.2, 0.25) is 0 Å². The van der Waals surface area contributed by atoms with E-state index in [4.69, 9.17) is 18.2 Å². The van der Waals surface area contributed by atoms with Gasteiger partial charge in [-0.1, -0.05) is 133 Å². The van der Waals surface area contributed by atoms with Crippen molar-refractivity contribution in [3.05, 3.63) is 168 Å². The van der Waals surface area contributed by atoms with Gasteiger partial charge in [-0.15, -0.1) is 0 Å². The van der Waals surface area contributed by atoms with Gasteiger partial charge in [0, 0.05) is 54.6 Å². The fraction of sp³-hybridized carbons (Fsp3) is 0.0444. The van der Waals surface area contributed by atoms with Gasteiger partial charge in [-0.05, 0) is 23.8 Å². The Bertz CT molecular complexity index is 3000. The summed E-state index contributed by atoms with van der Waals surface area (Å²) in [5.74, 6) is 0.787. The van der Waals surface area contributed by atoms with Crippen LogP contribution in [-0.4, -0.2) is 5.84 Å². The van der Waals surface area contributed by atoms with Crippen LogP contribution in [0.3, 0.4) is 0 Å². The van der Waals surface area contributed by atoms with Gasteiger partial charge in [0.2, 0.25) is 0 Å². The summed E-state index contributed by atoms with van der Waals surface area (Å²) in [7, 11) is 0. The normalized spacial score (nSPS) is 16.4. The first-order valence-corrected chi connectivity index (χ1v) is 17.2. The van der Waals surface area contributed by atoms with Crippen LogP contribution < -0.4 is 10.6 Å². The molecular weight excluding hydrogens is 631 g/mol. The summed E-state index contributed by atoms with van der Waals surface area (Å²) in [4.78, 5) is 5.27. The van der Waals surface area contributed by atoms with Gasteiger partial charge in [0.05, 0.1) is 0 Å². The van der Waals surface area contributed by atoms with Gasteiger partial charge >= 0.3 is 0 Å². The summed E-state index contributed by atoms with van der Waals surface area (Å²) in [5.41, 5.74) is 10.1. The molecule has 1 aliphatic rings. The molecule has 0 amide bonds. The average Bonchev–Trinajstić information content (AvgIpc) is 3.89. The van der Waals surface area contributed by atoms with Gasteiger partial charge < -0.3 is 18.6 Å². The number of hydrogen-bond acceptors (Lipinski definition) is 6. The molecule has 7 aromatic carbocycles. The third-order valence-corrected chi connectivity index (χ3v) is 10.2. The van der Waals surface area contributed by atoms with Crippen LogP contribution in [0.1, 0.15) is 29.0 Å². The van der Waals surface area contributed by atoms with Gasteiger partial charge in [0.25, 0.3) is 0 Å². The highest BCUT2D eigenvalue weighted by Crippen LogP contribution is 2.43. The second-order valence-electron chi connectivity index (χ2n) is 13.1. The lowest BCUT2D eigenvalue weighted by Gasteiger charge is -2.32. The molecule has 0 saturated carbocycles. The van der Waals surface area contributed by atoms with E-state index in [1.165, 1.54) is 0 Å². The second kappa shape index (κ2) is 10.9. The fourth-order valence-electron chi connectivity index (χ4n) is 7.87. The van der Waals surface area contributed by atoms with Crippen LogP contribution in [0.15, 0.2) is 170 Å². The predicted molar refractivity (Wildman–Crippen MR) is 205 cm³/mol. The van der Waals surface area contributed by atoms with Crippen LogP contribution in [-0.2, 0) is 0 Å². The van der Waals surface area contributed by atoms with E-state index in [0.29, 0.717) is 0 Å². The van der Waals surface area contributed by atoms with E-state index in [0.717, 1.165) is 99.5 Å². The molecule has 242 valence electrons. The van der Waals surface area contributed by atoms with Gasteiger partial charge in [-0.3, -0.25) is 5.32 Å². The third kappa shape index (κ3) is 4.30. The number of furan rings is 3. The minimum atomic E-state index is -0.317. The molecule has 1 aliphatic heterocycles. The largest absolute Gasteiger partial charge is 0.456 e. The molecular formula is C45H29N3O3. The lowest BCUT2D eigenvalue weighted by atomic mass is 9.99. The highest BCUT2D eigenvalue weighted by Gasteiger charge is 2.29. The van der Waals surface area contributed by atoms with Crippen molar-refractivity contribution in [3.63, 3.8) is 0 Å². The van der Waals surface area contributed by atoms with Gasteiger partial charge in [0.1, 0.15) is 51.7 Å². The first-order valence-electron chi connectivity index (χ1n) is 17.2. The van der Waals surface area contributed by atoms with E-state index in [1.807, 2.05) is 48.5 Å². The maximum Gasteiger partial charge on any atom is 0.143 e. The number of amidine groups is 1. The Morgan fingerprint density at radius 2 is 1.00 bits per heavy atom. The van der Waals surface area contributed by atoms with Gasteiger partial charge in [-0.2, -0.15) is 0 Å². The molecule has 10 aromatic rings. The molecule has 0 radical (unpaired) electrons. The molecule has 0 fully saturated rings. The molecule has 51 heavy (non-hydrogen) atoms. The molecule has 0 spiro atoms. The monoisotopic (exact) mass is 659 g/mol. The van der Waals surface area contributed by atoms with Gasteiger partial charge in [-0.25, -0.2) is 4.99 Å². The number of aliphatic imine (C=N–C) groups is 1. The average molecular weight is 660 g/mol. The Morgan fingerprint density at radius 1 is 0.431 bits per heavy atom. The molecule has 2 atom stereocenters. The summed E-state index contributed by atoms with van der Waals surface area (Å²) in [6, 6.07) is 52.0. The van der Waals surface area contributed by atoms with Crippen molar-refractivity contribution >= 4 is 71.7 Å². The number of nitrogens with zero attached hydrogens (tertiary/aromatic N) is 1. The van der Waals surface area contributed by atoms with E-state index >= 15 is 0 Å². The Balaban J connectivity index is 1.09. The maximum atomic E-state index is 6.97. The number of hydrogen-bond donors (Lipinski definition) is 2. The summed E-state index contributed by atoms with van der Waals surface area (Å²) in [6.45, 7) is 0. The van der Waals surface area contributed by atoms with E-state index in [9.17, 15) is 0 Å². The number of nitrogens with one attached hydrogen (secondary N) is 2. The van der Waals surface area contributed by atoms with E-state index < -0.39 is 0 Å². The summed E-state index contributed by atoms with van der Waals surface area (Å²) in [5, 5.41) is 14.0. The third-order valence-electron chi connectivity index (χ3n) is 10.2. The van der Waals surface area contributed by atoms with Crippen molar-refractivity contribution < 1.29 is 13.3 Å². The van der Waals surface area contributed by atoms with Crippen LogP contribution in [0.5, 0.6) is 0 Å². The van der Waals surface area contributed by atoms with Crippen molar-refractivity contribution in [2.75, 3.05) is 0 Å². The van der Waals surface area contributed by atoms with Crippen LogP contribution in [0.4, 0.5) is 0 Å². The molecule has 2 unspecified atom stereocenters. The molecule has 0 saturated heterocycles. The van der Waals surface area contributed by atoms with Crippen LogP contribution >= 0.6 is 0 Å². The quantitative estimate of drug-likeness (QED) is 0.197. The zero-order valence-corrected chi connectivity index (χ0v) is 27.3. The topological polar surface area (TPSA) is 75.8 Å².